The summed E-state index contributed by atoms with van der Waals surface area (Å²) in [4.78, 5) is 6.60. The highest BCUT2D eigenvalue weighted by Crippen LogP contribution is 2.53. The van der Waals surface area contributed by atoms with Crippen molar-refractivity contribution in [1.29, 1.82) is 0 Å². The fraction of sp³-hybridized carbons (Fsp3) is 0.400. The number of fused-ring (bicyclic) bond motifs is 2. The molecule has 0 radical (unpaired) electrons. The number of aromatic nitrogens is 1. The van der Waals surface area contributed by atoms with Gasteiger partial charge in [-0.05, 0) is 48.1 Å². The number of nitrogens with one attached hydrogen (secondary N) is 1. The van der Waals surface area contributed by atoms with Gasteiger partial charge in [-0.15, -0.1) is 0 Å². The molecular weight excluding hydrogens is 455 g/mol. The Labute approximate surface area is 198 Å². The maximum atomic E-state index is 14.7. The van der Waals surface area contributed by atoms with Gasteiger partial charge in [0.15, 0.2) is 0 Å². The van der Waals surface area contributed by atoms with Crippen molar-refractivity contribution < 1.29 is 17.5 Å². The number of morpholine rings is 1. The van der Waals surface area contributed by atoms with Crippen LogP contribution in [0.1, 0.15) is 0 Å². The predicted octanol–water partition coefficient (Wildman–Crippen LogP) is 3.19. The molecule has 1 aliphatic carbocycles. The number of anilines is 2. The Morgan fingerprint density at radius 3 is 2.59 bits per heavy atom. The molecule has 2 atom stereocenters. The fourth-order valence-electron chi connectivity index (χ4n) is 5.45. The van der Waals surface area contributed by atoms with Gasteiger partial charge in [0.25, 0.3) is 0 Å². The van der Waals surface area contributed by atoms with E-state index in [1.54, 1.807) is 28.7 Å². The van der Waals surface area contributed by atoms with Gasteiger partial charge in [-0.2, -0.15) is 4.31 Å². The summed E-state index contributed by atoms with van der Waals surface area (Å²) < 4.78 is 48.2. The maximum absolute atomic E-state index is 14.7. The molecule has 2 aromatic carbocycles. The average molecular weight is 483 g/mol. The zero-order valence-corrected chi connectivity index (χ0v) is 19.5. The molecule has 1 N–H and O–H groups in total. The number of nitrogens with zero attached hydrogens (tertiary/aromatic N) is 3. The molecule has 34 heavy (non-hydrogen) atoms. The number of ether oxygens (including phenoxy) is 1. The number of para-hydroxylation sites is 1. The lowest BCUT2D eigenvalue weighted by atomic mass is 10.2. The van der Waals surface area contributed by atoms with Crippen molar-refractivity contribution in [2.24, 2.45) is 17.8 Å². The molecule has 3 heterocycles. The fourth-order valence-corrected chi connectivity index (χ4v) is 7.13. The van der Waals surface area contributed by atoms with Crippen LogP contribution in [0.5, 0.6) is 0 Å². The molecule has 0 bridgehead atoms. The van der Waals surface area contributed by atoms with Gasteiger partial charge in [0.2, 0.25) is 10.0 Å². The third-order valence-corrected chi connectivity index (χ3v) is 9.26. The number of piperidine rings is 1. The molecule has 9 heteroatoms. The molecule has 3 fully saturated rings. The van der Waals surface area contributed by atoms with Crippen molar-refractivity contribution in [1.82, 2.24) is 9.29 Å². The van der Waals surface area contributed by atoms with Crippen LogP contribution in [0.4, 0.5) is 15.8 Å². The lowest BCUT2D eigenvalue weighted by Crippen LogP contribution is -2.36. The number of sulfonamides is 1. The molecule has 2 saturated heterocycles. The topological polar surface area (TPSA) is 74.8 Å². The zero-order chi connectivity index (χ0) is 23.3. The van der Waals surface area contributed by atoms with Crippen molar-refractivity contribution in [3.8, 4) is 0 Å². The van der Waals surface area contributed by atoms with Gasteiger partial charge in [0.05, 0.1) is 24.4 Å². The molecule has 0 amide bonds. The Morgan fingerprint density at radius 2 is 1.82 bits per heavy atom. The van der Waals surface area contributed by atoms with Crippen molar-refractivity contribution in [3.63, 3.8) is 0 Å². The van der Waals surface area contributed by atoms with Gasteiger partial charge < -0.3 is 15.0 Å². The van der Waals surface area contributed by atoms with Gasteiger partial charge in [0.1, 0.15) is 10.7 Å². The molecule has 2 aliphatic heterocycles. The van der Waals surface area contributed by atoms with Crippen LogP contribution < -0.4 is 10.2 Å². The number of hydrogen-bond acceptors (Lipinski definition) is 6. The average Bonchev–Trinajstić information content (AvgIpc) is 3.30. The second kappa shape index (κ2) is 8.48. The van der Waals surface area contributed by atoms with Gasteiger partial charge in [-0.1, -0.05) is 18.2 Å². The third-order valence-electron chi connectivity index (χ3n) is 7.39. The van der Waals surface area contributed by atoms with Crippen LogP contribution in [0.25, 0.3) is 10.9 Å². The predicted molar refractivity (Wildman–Crippen MR) is 129 cm³/mol. The molecule has 1 aromatic heterocycles. The number of halogens is 1. The van der Waals surface area contributed by atoms with Crippen LogP contribution in [0, 0.1) is 23.6 Å². The first-order chi connectivity index (χ1) is 16.5. The summed E-state index contributed by atoms with van der Waals surface area (Å²) >= 11 is 0. The van der Waals surface area contributed by atoms with Gasteiger partial charge >= 0.3 is 0 Å². The van der Waals surface area contributed by atoms with Gasteiger partial charge in [-0.25, -0.2) is 12.8 Å². The second-order valence-corrected chi connectivity index (χ2v) is 11.2. The van der Waals surface area contributed by atoms with Crippen molar-refractivity contribution in [2.45, 2.75) is 4.90 Å². The molecule has 6 rings (SSSR count). The first kappa shape index (κ1) is 21.8. The third kappa shape index (κ3) is 3.81. The Kier molecular flexibility index (Phi) is 5.43. The van der Waals surface area contributed by atoms with E-state index in [0.717, 1.165) is 17.6 Å². The van der Waals surface area contributed by atoms with Crippen LogP contribution in [-0.4, -0.2) is 63.6 Å². The molecule has 7 nitrogen and oxygen atoms in total. The normalized spacial score (nSPS) is 24.9. The summed E-state index contributed by atoms with van der Waals surface area (Å²) in [6.45, 7) is 4.39. The summed E-state index contributed by atoms with van der Waals surface area (Å²) in [7, 11) is -3.59. The van der Waals surface area contributed by atoms with Crippen molar-refractivity contribution in [3.05, 3.63) is 60.5 Å². The number of rotatable bonds is 6. The lowest BCUT2D eigenvalue weighted by molar-refractivity contribution is 0.122. The van der Waals surface area contributed by atoms with E-state index in [4.69, 9.17) is 4.74 Å². The van der Waals surface area contributed by atoms with Crippen LogP contribution in [-0.2, 0) is 14.8 Å². The van der Waals surface area contributed by atoms with E-state index in [0.29, 0.717) is 68.4 Å². The van der Waals surface area contributed by atoms with E-state index in [-0.39, 0.29) is 10.7 Å². The molecular formula is C25H27FN4O3S. The Bertz CT molecular complexity index is 1310. The number of benzene rings is 2. The first-order valence-corrected chi connectivity index (χ1v) is 13.2. The summed E-state index contributed by atoms with van der Waals surface area (Å²) in [5.41, 5.74) is 1.89. The smallest absolute Gasteiger partial charge is 0.245 e. The van der Waals surface area contributed by atoms with E-state index in [2.05, 4.69) is 10.3 Å². The molecule has 3 aliphatic rings. The quantitative estimate of drug-likeness (QED) is 0.582. The van der Waals surface area contributed by atoms with Gasteiger partial charge in [-0.3, -0.25) is 4.98 Å². The van der Waals surface area contributed by atoms with Crippen LogP contribution >= 0.6 is 0 Å². The maximum Gasteiger partial charge on any atom is 0.245 e. The van der Waals surface area contributed by atoms with E-state index < -0.39 is 10.0 Å². The first-order valence-electron chi connectivity index (χ1n) is 11.7. The summed E-state index contributed by atoms with van der Waals surface area (Å²) in [6.07, 6.45) is 1.63. The highest BCUT2D eigenvalue weighted by molar-refractivity contribution is 7.89. The monoisotopic (exact) mass is 482 g/mol. The van der Waals surface area contributed by atoms with Crippen LogP contribution in [0.2, 0.25) is 0 Å². The minimum absolute atomic E-state index is 0.233. The minimum atomic E-state index is -3.59. The Hall–Kier alpha value is -2.75. The van der Waals surface area contributed by atoms with E-state index in [9.17, 15) is 12.8 Å². The zero-order valence-electron chi connectivity index (χ0n) is 18.7. The SMILES string of the molecule is O=S(=O)(c1cccc2cccnc12)N1CC2C(CNc3ccc(N4CCOCC4)c(F)c3)C2C1. The lowest BCUT2D eigenvalue weighted by Gasteiger charge is -2.29. The molecule has 178 valence electrons. The van der Waals surface area contributed by atoms with E-state index >= 15 is 0 Å². The largest absolute Gasteiger partial charge is 0.385 e. The molecule has 0 spiro atoms. The van der Waals surface area contributed by atoms with Gasteiger partial charge in [0, 0.05) is 50.0 Å². The molecule has 3 aromatic rings. The van der Waals surface area contributed by atoms with Crippen LogP contribution in [0.3, 0.4) is 0 Å². The van der Waals surface area contributed by atoms with Crippen molar-refractivity contribution in [2.75, 3.05) is 56.2 Å². The Balaban J connectivity index is 1.08. The summed E-state index contributed by atoms with van der Waals surface area (Å²) in [5.74, 6) is 0.841. The minimum Gasteiger partial charge on any atom is -0.385 e. The van der Waals surface area contributed by atoms with E-state index in [1.807, 2.05) is 35.2 Å². The second-order valence-electron chi connectivity index (χ2n) is 9.29. The highest BCUT2D eigenvalue weighted by atomic mass is 32.2. The van der Waals surface area contributed by atoms with Crippen LogP contribution in [0.15, 0.2) is 59.6 Å². The van der Waals surface area contributed by atoms with E-state index in [1.165, 1.54) is 0 Å². The van der Waals surface area contributed by atoms with Crippen molar-refractivity contribution >= 4 is 32.3 Å². The standard InChI is InChI=1S/C25H27FN4O3S/c26-22-13-18(6-7-23(22)29-9-11-33-12-10-29)28-14-19-20-15-30(16-21(19)20)34(31,32)24-5-1-3-17-4-2-8-27-25(17)24/h1-8,13,19-21,28H,9-12,14-16H2. The summed E-state index contributed by atoms with van der Waals surface area (Å²) in [5, 5.41) is 4.18. The summed E-state index contributed by atoms with van der Waals surface area (Å²) in [6, 6.07) is 14.3. The Morgan fingerprint density at radius 1 is 1.06 bits per heavy atom. The molecule has 2 unspecified atom stereocenters. The highest BCUT2D eigenvalue weighted by Gasteiger charge is 2.57. The molecule has 1 saturated carbocycles. The number of hydrogen-bond donors (Lipinski definition) is 1. The number of pyridine rings is 1.